The molecule has 0 aliphatic heterocycles. The number of ether oxygens (including phenoxy) is 2. The zero-order chi connectivity index (χ0) is 22.5. The summed E-state index contributed by atoms with van der Waals surface area (Å²) in [6, 6.07) is 18.8. The van der Waals surface area contributed by atoms with Crippen molar-refractivity contribution in [3.8, 4) is 5.75 Å². The quantitative estimate of drug-likeness (QED) is 0.217. The Bertz CT molecular complexity index is 906. The van der Waals surface area contributed by atoms with Gasteiger partial charge in [-0.25, -0.2) is 0 Å². The number of hydrogen-bond acceptors (Lipinski definition) is 3. The topological polar surface area (TPSA) is 27.7 Å². The monoisotopic (exact) mass is 436 g/mol. The van der Waals surface area contributed by atoms with Gasteiger partial charge in [0.2, 0.25) is 8.32 Å². The maximum atomic E-state index is 6.56. The molecular formula is C27H36O3Si. The Morgan fingerprint density at radius 1 is 0.968 bits per heavy atom. The maximum Gasteiger partial charge on any atom is 0.261 e. The fraction of sp³-hybridized carbons (Fsp3) is 0.407. The second kappa shape index (κ2) is 9.78. The SMILES string of the molecule is COc1ccc(C/C=C(/OC(CCc2ccccc2)C2=CC2(C)C)O[Si](C)(C)C)cc1. The van der Waals surface area contributed by atoms with E-state index in [4.69, 9.17) is 13.9 Å². The van der Waals surface area contributed by atoms with E-state index in [9.17, 15) is 0 Å². The summed E-state index contributed by atoms with van der Waals surface area (Å²) in [5, 5.41) is 0. The minimum absolute atomic E-state index is 0.0358. The average Bonchev–Trinajstić information content (AvgIpc) is 3.37. The minimum atomic E-state index is -1.81. The Morgan fingerprint density at radius 3 is 2.16 bits per heavy atom. The standard InChI is InChI=1S/C27H36O3Si/c1-27(2)20-24(27)25(18-14-21-10-8-7-9-11-21)29-26(30-31(4,5)6)19-15-22-12-16-23(28-3)17-13-22/h7-13,16-17,19-20,25H,14-15,18H2,1-6H3/b26-19-. The van der Waals surface area contributed by atoms with Crippen LogP contribution in [0.5, 0.6) is 5.75 Å². The highest BCUT2D eigenvalue weighted by atomic mass is 28.4. The van der Waals surface area contributed by atoms with Crippen molar-refractivity contribution in [1.82, 2.24) is 0 Å². The van der Waals surface area contributed by atoms with Gasteiger partial charge in [-0.05, 0) is 73.8 Å². The number of rotatable bonds is 11. The van der Waals surface area contributed by atoms with E-state index in [1.807, 2.05) is 12.1 Å². The van der Waals surface area contributed by atoms with Crippen LogP contribution in [0.25, 0.3) is 0 Å². The number of methoxy groups -OCH3 is 1. The van der Waals surface area contributed by atoms with E-state index < -0.39 is 8.32 Å². The summed E-state index contributed by atoms with van der Waals surface area (Å²) in [4.78, 5) is 0. The number of aryl methyl sites for hydroxylation is 1. The smallest absolute Gasteiger partial charge is 0.261 e. The first-order valence-corrected chi connectivity index (χ1v) is 14.5. The van der Waals surface area contributed by atoms with Crippen molar-refractivity contribution < 1.29 is 13.9 Å². The summed E-state index contributed by atoms with van der Waals surface area (Å²) in [5.74, 6) is 1.53. The van der Waals surface area contributed by atoms with Crippen molar-refractivity contribution in [2.24, 2.45) is 5.41 Å². The van der Waals surface area contributed by atoms with Crippen molar-refractivity contribution >= 4 is 8.32 Å². The molecule has 1 aliphatic carbocycles. The second-order valence-electron chi connectivity index (χ2n) is 9.74. The molecule has 1 atom stereocenters. The molecule has 0 saturated carbocycles. The number of allylic oxidation sites excluding steroid dienone is 2. The first-order chi connectivity index (χ1) is 14.7. The molecule has 31 heavy (non-hydrogen) atoms. The van der Waals surface area contributed by atoms with Crippen molar-refractivity contribution in [2.45, 2.75) is 58.9 Å². The summed E-state index contributed by atoms with van der Waals surface area (Å²) >= 11 is 0. The summed E-state index contributed by atoms with van der Waals surface area (Å²) in [7, 11) is -0.123. The van der Waals surface area contributed by atoms with E-state index in [2.05, 4.69) is 88.1 Å². The zero-order valence-corrected chi connectivity index (χ0v) is 20.8. The van der Waals surface area contributed by atoms with Gasteiger partial charge >= 0.3 is 0 Å². The molecule has 0 aromatic heterocycles. The zero-order valence-electron chi connectivity index (χ0n) is 19.8. The molecule has 2 aromatic rings. The summed E-state index contributed by atoms with van der Waals surface area (Å²) in [6.07, 6.45) is 7.13. The summed E-state index contributed by atoms with van der Waals surface area (Å²) in [6.45, 7) is 11.1. The Kier molecular flexibility index (Phi) is 7.32. The lowest BCUT2D eigenvalue weighted by molar-refractivity contribution is 0.0526. The van der Waals surface area contributed by atoms with Crippen LogP contribution in [-0.2, 0) is 22.0 Å². The van der Waals surface area contributed by atoms with Crippen molar-refractivity contribution in [3.63, 3.8) is 0 Å². The molecule has 1 aliphatic rings. The predicted molar refractivity (Wildman–Crippen MR) is 131 cm³/mol. The van der Waals surface area contributed by atoms with E-state index in [1.165, 1.54) is 16.7 Å². The highest BCUT2D eigenvalue weighted by Gasteiger charge is 2.40. The fourth-order valence-electron chi connectivity index (χ4n) is 3.60. The molecule has 0 bridgehead atoms. The molecule has 3 nitrogen and oxygen atoms in total. The Morgan fingerprint density at radius 2 is 1.61 bits per heavy atom. The molecule has 0 spiro atoms. The Balaban J connectivity index is 1.74. The van der Waals surface area contributed by atoms with Gasteiger partial charge in [-0.3, -0.25) is 0 Å². The molecule has 3 rings (SSSR count). The molecule has 0 heterocycles. The van der Waals surface area contributed by atoms with Crippen LogP contribution in [0.4, 0.5) is 0 Å². The third-order valence-electron chi connectivity index (χ3n) is 5.39. The highest BCUT2D eigenvalue weighted by molar-refractivity contribution is 6.70. The fourth-order valence-corrected chi connectivity index (χ4v) is 4.33. The van der Waals surface area contributed by atoms with Crippen LogP contribution in [0.3, 0.4) is 0 Å². The van der Waals surface area contributed by atoms with Crippen LogP contribution < -0.4 is 4.74 Å². The average molecular weight is 437 g/mol. The Hall–Kier alpha value is -2.46. The lowest BCUT2D eigenvalue weighted by atomic mass is 9.98. The van der Waals surface area contributed by atoms with Crippen LogP contribution in [-0.4, -0.2) is 21.5 Å². The van der Waals surface area contributed by atoms with Crippen LogP contribution in [0.15, 0.2) is 78.3 Å². The summed E-state index contributed by atoms with van der Waals surface area (Å²) < 4.78 is 18.2. The second-order valence-corrected chi connectivity index (χ2v) is 14.2. The van der Waals surface area contributed by atoms with Crippen LogP contribution in [0, 0.1) is 5.41 Å². The molecule has 0 amide bonds. The molecular weight excluding hydrogens is 400 g/mol. The van der Waals surface area contributed by atoms with Crippen LogP contribution in [0.1, 0.15) is 31.4 Å². The van der Waals surface area contributed by atoms with Crippen molar-refractivity contribution in [3.05, 3.63) is 89.4 Å². The van der Waals surface area contributed by atoms with Gasteiger partial charge in [0.05, 0.1) is 7.11 Å². The molecule has 166 valence electrons. The summed E-state index contributed by atoms with van der Waals surface area (Å²) in [5.41, 5.74) is 4.05. The van der Waals surface area contributed by atoms with Crippen molar-refractivity contribution in [2.75, 3.05) is 7.11 Å². The van der Waals surface area contributed by atoms with E-state index in [0.717, 1.165) is 25.0 Å². The van der Waals surface area contributed by atoms with Crippen LogP contribution in [0.2, 0.25) is 19.6 Å². The molecule has 0 fully saturated rings. The van der Waals surface area contributed by atoms with Gasteiger partial charge in [-0.1, -0.05) is 62.4 Å². The molecule has 0 N–H and O–H groups in total. The third kappa shape index (κ3) is 7.32. The van der Waals surface area contributed by atoms with E-state index in [1.54, 1.807) is 7.11 Å². The van der Waals surface area contributed by atoms with E-state index >= 15 is 0 Å². The molecule has 0 radical (unpaired) electrons. The van der Waals surface area contributed by atoms with Gasteiger partial charge in [0.15, 0.2) is 0 Å². The van der Waals surface area contributed by atoms with Gasteiger partial charge in [0, 0.05) is 5.41 Å². The lowest BCUT2D eigenvalue weighted by Gasteiger charge is -2.27. The lowest BCUT2D eigenvalue weighted by Crippen LogP contribution is -2.28. The third-order valence-corrected chi connectivity index (χ3v) is 6.20. The Labute approximate surface area is 188 Å². The van der Waals surface area contributed by atoms with Gasteiger partial charge in [-0.15, -0.1) is 0 Å². The molecule has 2 aromatic carbocycles. The molecule has 4 heteroatoms. The highest BCUT2D eigenvalue weighted by Crippen LogP contribution is 2.47. The largest absolute Gasteiger partial charge is 0.520 e. The maximum absolute atomic E-state index is 6.56. The van der Waals surface area contributed by atoms with E-state index in [0.29, 0.717) is 5.95 Å². The van der Waals surface area contributed by atoms with E-state index in [-0.39, 0.29) is 11.5 Å². The molecule has 1 unspecified atom stereocenters. The van der Waals surface area contributed by atoms with Gasteiger partial charge in [0.1, 0.15) is 11.9 Å². The van der Waals surface area contributed by atoms with Gasteiger partial charge in [0.25, 0.3) is 5.95 Å². The van der Waals surface area contributed by atoms with Gasteiger partial charge in [-0.2, -0.15) is 0 Å². The number of benzene rings is 2. The normalized spacial score (nSPS) is 16.3. The van der Waals surface area contributed by atoms with Crippen molar-refractivity contribution in [1.29, 1.82) is 0 Å². The number of hydrogen-bond donors (Lipinski definition) is 0. The first-order valence-electron chi connectivity index (χ1n) is 11.1. The van der Waals surface area contributed by atoms with Crippen LogP contribution >= 0.6 is 0 Å². The first kappa shape index (κ1) is 23.2. The molecule has 0 saturated heterocycles. The van der Waals surface area contributed by atoms with Gasteiger partial charge < -0.3 is 13.9 Å². The minimum Gasteiger partial charge on any atom is -0.520 e. The predicted octanol–water partition coefficient (Wildman–Crippen LogP) is 6.91.